The lowest BCUT2D eigenvalue weighted by Crippen LogP contribution is -2.48. The lowest BCUT2D eigenvalue weighted by molar-refractivity contribution is -0.135. The summed E-state index contributed by atoms with van der Waals surface area (Å²) in [4.78, 5) is 26.2. The van der Waals surface area contributed by atoms with Gasteiger partial charge in [-0.2, -0.15) is 5.26 Å². The van der Waals surface area contributed by atoms with Crippen molar-refractivity contribution in [2.75, 3.05) is 26.2 Å². The molecule has 1 aliphatic heterocycles. The first-order chi connectivity index (χ1) is 9.74. The van der Waals surface area contributed by atoms with Gasteiger partial charge in [-0.1, -0.05) is 30.3 Å². The number of hydrogen-bond acceptors (Lipinski definition) is 3. The molecule has 1 heterocycles. The summed E-state index contributed by atoms with van der Waals surface area (Å²) in [6.07, 6.45) is 1.01. The molecule has 5 heteroatoms. The van der Waals surface area contributed by atoms with Crippen LogP contribution in [0.2, 0.25) is 0 Å². The maximum Gasteiger partial charge on any atom is 0.224 e. The van der Waals surface area contributed by atoms with E-state index < -0.39 is 5.92 Å². The summed E-state index contributed by atoms with van der Waals surface area (Å²) in [5, 5.41) is 9.23. The first kappa shape index (κ1) is 14.1. The Hall–Kier alpha value is -2.35. The van der Waals surface area contributed by atoms with Crippen LogP contribution < -0.4 is 0 Å². The Bertz CT molecular complexity index is 502. The zero-order valence-corrected chi connectivity index (χ0v) is 11.2. The maximum atomic E-state index is 12.2. The number of carbonyl (C=O) groups excluding carboxylic acids is 2. The van der Waals surface area contributed by atoms with Crippen LogP contribution in [0, 0.1) is 11.3 Å². The number of rotatable bonds is 4. The van der Waals surface area contributed by atoms with Gasteiger partial charge in [-0.05, 0) is 5.56 Å². The van der Waals surface area contributed by atoms with E-state index in [-0.39, 0.29) is 12.3 Å². The van der Waals surface area contributed by atoms with Crippen molar-refractivity contribution in [2.24, 2.45) is 0 Å². The quantitative estimate of drug-likeness (QED) is 0.767. The first-order valence-electron chi connectivity index (χ1n) is 6.66. The third-order valence-corrected chi connectivity index (χ3v) is 3.55. The normalized spacial score (nSPS) is 16.4. The van der Waals surface area contributed by atoms with Crippen molar-refractivity contribution in [3.05, 3.63) is 35.9 Å². The molecule has 0 bridgehead atoms. The molecule has 2 rings (SSSR count). The van der Waals surface area contributed by atoms with Crippen LogP contribution in [0.4, 0.5) is 0 Å². The third-order valence-electron chi connectivity index (χ3n) is 3.55. The molecule has 104 valence electrons. The molecule has 1 fully saturated rings. The van der Waals surface area contributed by atoms with E-state index in [9.17, 15) is 14.9 Å². The molecule has 1 aliphatic rings. The summed E-state index contributed by atoms with van der Waals surface area (Å²) >= 11 is 0. The Kier molecular flexibility index (Phi) is 4.72. The van der Waals surface area contributed by atoms with Crippen molar-refractivity contribution >= 4 is 12.3 Å². The second kappa shape index (κ2) is 6.71. The van der Waals surface area contributed by atoms with Gasteiger partial charge in [-0.25, -0.2) is 0 Å². The van der Waals surface area contributed by atoms with E-state index in [0.29, 0.717) is 26.2 Å². The third kappa shape index (κ3) is 3.35. The highest BCUT2D eigenvalue weighted by Gasteiger charge is 2.23. The topological polar surface area (TPSA) is 64.4 Å². The van der Waals surface area contributed by atoms with Crippen molar-refractivity contribution in [3.8, 4) is 6.07 Å². The molecule has 2 amide bonds. The molecule has 0 N–H and O–H groups in total. The fourth-order valence-corrected chi connectivity index (χ4v) is 2.30. The van der Waals surface area contributed by atoms with Crippen LogP contribution in [0.3, 0.4) is 0 Å². The number of nitrogens with zero attached hydrogens (tertiary/aromatic N) is 3. The molecular weight excluding hydrogens is 254 g/mol. The van der Waals surface area contributed by atoms with Gasteiger partial charge in [0.25, 0.3) is 0 Å². The predicted octanol–water partition coefficient (Wildman–Crippen LogP) is 0.984. The summed E-state index contributed by atoms with van der Waals surface area (Å²) in [5.41, 5.74) is 0.870. The average Bonchev–Trinajstić information content (AvgIpc) is 2.53. The van der Waals surface area contributed by atoms with Crippen LogP contribution in [-0.4, -0.2) is 48.3 Å². The smallest absolute Gasteiger partial charge is 0.224 e. The minimum absolute atomic E-state index is 0.0223. The Labute approximate surface area is 118 Å². The van der Waals surface area contributed by atoms with E-state index in [4.69, 9.17) is 0 Å². The molecule has 1 aromatic rings. The standard InChI is InChI=1S/C15H17N3O2/c16-11-14(13-4-2-1-3-5-13)10-15(20)18-8-6-17(12-19)7-9-18/h1-5,12,14H,6-10H2. The SMILES string of the molecule is N#CC(CC(=O)N1CCN(C=O)CC1)c1ccccc1. The van der Waals surface area contributed by atoms with Crippen LogP contribution in [-0.2, 0) is 9.59 Å². The Morgan fingerprint density at radius 1 is 1.25 bits per heavy atom. The summed E-state index contributed by atoms with van der Waals surface area (Å²) in [6, 6.07) is 11.6. The molecule has 0 radical (unpaired) electrons. The highest BCUT2D eigenvalue weighted by Crippen LogP contribution is 2.20. The van der Waals surface area contributed by atoms with E-state index in [2.05, 4.69) is 6.07 Å². The Morgan fingerprint density at radius 3 is 2.45 bits per heavy atom. The summed E-state index contributed by atoms with van der Waals surface area (Å²) < 4.78 is 0. The fraction of sp³-hybridized carbons (Fsp3) is 0.400. The molecule has 1 saturated heterocycles. The minimum atomic E-state index is -0.409. The van der Waals surface area contributed by atoms with Gasteiger partial charge in [0, 0.05) is 32.6 Å². The monoisotopic (exact) mass is 271 g/mol. The number of hydrogen-bond donors (Lipinski definition) is 0. The highest BCUT2D eigenvalue weighted by atomic mass is 16.2. The first-order valence-corrected chi connectivity index (χ1v) is 6.66. The summed E-state index contributed by atoms with van der Waals surface area (Å²) in [6.45, 7) is 2.23. The number of carbonyl (C=O) groups is 2. The molecule has 0 spiro atoms. The second-order valence-corrected chi connectivity index (χ2v) is 4.82. The second-order valence-electron chi connectivity index (χ2n) is 4.82. The largest absolute Gasteiger partial charge is 0.342 e. The van der Waals surface area contributed by atoms with E-state index in [1.165, 1.54) is 0 Å². The molecule has 0 aliphatic carbocycles. The number of piperazine rings is 1. The number of amides is 2. The minimum Gasteiger partial charge on any atom is -0.342 e. The zero-order chi connectivity index (χ0) is 14.4. The summed E-state index contributed by atoms with van der Waals surface area (Å²) in [5.74, 6) is -0.432. The van der Waals surface area contributed by atoms with Crippen molar-refractivity contribution in [1.29, 1.82) is 5.26 Å². The van der Waals surface area contributed by atoms with Crippen molar-refractivity contribution in [2.45, 2.75) is 12.3 Å². The lowest BCUT2D eigenvalue weighted by atomic mass is 9.96. The van der Waals surface area contributed by atoms with Crippen molar-refractivity contribution in [1.82, 2.24) is 9.80 Å². The van der Waals surface area contributed by atoms with E-state index in [1.54, 1.807) is 9.80 Å². The Morgan fingerprint density at radius 2 is 1.90 bits per heavy atom. The lowest BCUT2D eigenvalue weighted by Gasteiger charge is -2.33. The van der Waals surface area contributed by atoms with Crippen molar-refractivity contribution < 1.29 is 9.59 Å². The van der Waals surface area contributed by atoms with Gasteiger partial charge in [-0.15, -0.1) is 0 Å². The summed E-state index contributed by atoms with van der Waals surface area (Å²) in [7, 11) is 0. The van der Waals surface area contributed by atoms with Gasteiger partial charge in [-0.3, -0.25) is 9.59 Å². The predicted molar refractivity (Wildman–Crippen MR) is 73.6 cm³/mol. The average molecular weight is 271 g/mol. The molecule has 5 nitrogen and oxygen atoms in total. The van der Waals surface area contributed by atoms with Gasteiger partial charge < -0.3 is 9.80 Å². The van der Waals surface area contributed by atoms with Gasteiger partial charge in [0.05, 0.1) is 12.0 Å². The van der Waals surface area contributed by atoms with E-state index in [1.807, 2.05) is 30.3 Å². The molecule has 1 aromatic carbocycles. The van der Waals surface area contributed by atoms with E-state index in [0.717, 1.165) is 12.0 Å². The molecule has 1 atom stereocenters. The fourth-order valence-electron chi connectivity index (χ4n) is 2.30. The van der Waals surface area contributed by atoms with Crippen LogP contribution in [0.25, 0.3) is 0 Å². The van der Waals surface area contributed by atoms with Gasteiger partial charge in [0.2, 0.25) is 12.3 Å². The van der Waals surface area contributed by atoms with Gasteiger partial charge >= 0.3 is 0 Å². The van der Waals surface area contributed by atoms with Crippen LogP contribution in [0.5, 0.6) is 0 Å². The van der Waals surface area contributed by atoms with Crippen LogP contribution >= 0.6 is 0 Å². The molecular formula is C15H17N3O2. The molecule has 20 heavy (non-hydrogen) atoms. The Balaban J connectivity index is 1.94. The van der Waals surface area contributed by atoms with Crippen LogP contribution in [0.15, 0.2) is 30.3 Å². The van der Waals surface area contributed by atoms with Crippen molar-refractivity contribution in [3.63, 3.8) is 0 Å². The van der Waals surface area contributed by atoms with Gasteiger partial charge in [0.1, 0.15) is 0 Å². The number of nitriles is 1. The highest BCUT2D eigenvalue weighted by molar-refractivity contribution is 5.78. The molecule has 1 unspecified atom stereocenters. The zero-order valence-electron chi connectivity index (χ0n) is 11.2. The number of benzene rings is 1. The van der Waals surface area contributed by atoms with Crippen LogP contribution in [0.1, 0.15) is 17.9 Å². The maximum absolute atomic E-state index is 12.2. The van der Waals surface area contributed by atoms with E-state index >= 15 is 0 Å². The van der Waals surface area contributed by atoms with Gasteiger partial charge in [0.15, 0.2) is 0 Å². The molecule has 0 saturated carbocycles. The molecule has 0 aromatic heterocycles.